The summed E-state index contributed by atoms with van der Waals surface area (Å²) in [7, 11) is 0. The second-order valence-corrected chi connectivity index (χ2v) is 9.23. The van der Waals surface area contributed by atoms with Gasteiger partial charge >= 0.3 is 11.6 Å². The van der Waals surface area contributed by atoms with Crippen molar-refractivity contribution in [3.8, 4) is 11.1 Å². The quantitative estimate of drug-likeness (QED) is 0.285. The topological polar surface area (TPSA) is 110 Å². The molecule has 3 aromatic carbocycles. The highest BCUT2D eigenvalue weighted by Crippen LogP contribution is 2.37. The van der Waals surface area contributed by atoms with Gasteiger partial charge in [0.25, 0.3) is 0 Å². The van der Waals surface area contributed by atoms with Crippen LogP contribution in [0.3, 0.4) is 0 Å². The van der Waals surface area contributed by atoms with E-state index in [2.05, 4.69) is 5.32 Å². The van der Waals surface area contributed by atoms with Crippen LogP contribution in [0.1, 0.15) is 22.3 Å². The van der Waals surface area contributed by atoms with Gasteiger partial charge in [-0.25, -0.2) is 14.0 Å². The Balaban J connectivity index is 1.50. The van der Waals surface area contributed by atoms with Crippen LogP contribution in [-0.4, -0.2) is 23.0 Å². The van der Waals surface area contributed by atoms with Crippen molar-refractivity contribution >= 4 is 33.8 Å². The summed E-state index contributed by atoms with van der Waals surface area (Å²) in [5, 5.41) is 13.5. The summed E-state index contributed by atoms with van der Waals surface area (Å²) in [6.45, 7) is 3.50. The lowest BCUT2D eigenvalue weighted by molar-refractivity contribution is -0.141. The minimum absolute atomic E-state index is 0.108. The van der Waals surface area contributed by atoms with Gasteiger partial charge in [0, 0.05) is 28.3 Å². The number of amides is 1. The van der Waals surface area contributed by atoms with E-state index >= 15 is 0 Å². The van der Waals surface area contributed by atoms with Crippen molar-refractivity contribution in [2.45, 2.75) is 32.7 Å². The molecule has 0 bridgehead atoms. The van der Waals surface area contributed by atoms with E-state index in [-0.39, 0.29) is 24.2 Å². The molecule has 7 nitrogen and oxygen atoms in total. The number of carboxylic acid groups (broad SMARTS) is 1. The van der Waals surface area contributed by atoms with Gasteiger partial charge in [-0.2, -0.15) is 0 Å². The summed E-state index contributed by atoms with van der Waals surface area (Å²) in [5.74, 6) is -2.12. The van der Waals surface area contributed by atoms with Gasteiger partial charge in [-0.05, 0) is 48.7 Å². The molecule has 0 saturated carbocycles. The number of halogens is 1. The number of hydrogen-bond donors (Lipinski definition) is 2. The number of hydrogen-bond acceptors (Lipinski definition) is 5. The lowest BCUT2D eigenvalue weighted by atomic mass is 9.97. The number of carboxylic acids is 1. The molecule has 0 saturated heterocycles. The number of furan rings is 1. The molecule has 8 heteroatoms. The molecule has 2 aromatic heterocycles. The molecule has 1 unspecified atom stereocenters. The van der Waals surface area contributed by atoms with E-state index < -0.39 is 23.5 Å². The van der Waals surface area contributed by atoms with E-state index in [0.29, 0.717) is 27.7 Å². The van der Waals surface area contributed by atoms with Gasteiger partial charge in [-0.15, -0.1) is 0 Å². The Morgan fingerprint density at radius 1 is 0.974 bits per heavy atom. The fourth-order valence-electron chi connectivity index (χ4n) is 4.71. The Morgan fingerprint density at radius 3 is 2.37 bits per heavy atom. The van der Waals surface area contributed by atoms with Crippen molar-refractivity contribution in [3.63, 3.8) is 0 Å². The van der Waals surface area contributed by atoms with Crippen LogP contribution in [0.15, 0.2) is 80.6 Å². The zero-order valence-corrected chi connectivity index (χ0v) is 20.7. The highest BCUT2D eigenvalue weighted by molar-refractivity contribution is 6.05. The van der Waals surface area contributed by atoms with E-state index in [9.17, 15) is 23.9 Å². The number of benzene rings is 3. The maximum absolute atomic E-state index is 13.5. The molecule has 0 fully saturated rings. The number of aliphatic carboxylic acids is 1. The highest BCUT2D eigenvalue weighted by Gasteiger charge is 2.24. The number of fused-ring (bicyclic) bond motifs is 2. The van der Waals surface area contributed by atoms with Gasteiger partial charge < -0.3 is 19.3 Å². The molecule has 1 atom stereocenters. The summed E-state index contributed by atoms with van der Waals surface area (Å²) in [4.78, 5) is 37.6. The third kappa shape index (κ3) is 4.68. The molecule has 0 aliphatic carbocycles. The number of carbonyl (C=O) groups excluding carboxylic acids is 1. The van der Waals surface area contributed by atoms with Crippen LogP contribution in [0.25, 0.3) is 33.1 Å². The number of nitrogens with one attached hydrogen (secondary N) is 1. The van der Waals surface area contributed by atoms with Gasteiger partial charge in [0.05, 0.1) is 18.2 Å². The Kier molecular flexibility index (Phi) is 6.55. The minimum atomic E-state index is -1.17. The maximum Gasteiger partial charge on any atom is 0.340 e. The summed E-state index contributed by atoms with van der Waals surface area (Å²) in [6, 6.07) is 15.7. The molecule has 0 spiro atoms. The first kappa shape index (κ1) is 25.0. The van der Waals surface area contributed by atoms with Gasteiger partial charge in [0.2, 0.25) is 5.91 Å². The largest absolute Gasteiger partial charge is 0.480 e. The Bertz CT molecular complexity index is 1740. The van der Waals surface area contributed by atoms with Crippen molar-refractivity contribution in [2.75, 3.05) is 0 Å². The zero-order chi connectivity index (χ0) is 27.0. The van der Waals surface area contributed by atoms with E-state index in [0.717, 1.165) is 22.1 Å². The average Bonchev–Trinajstić information content (AvgIpc) is 3.32. The molecular formula is C30H24FNO6. The van der Waals surface area contributed by atoms with Gasteiger partial charge in [0.1, 0.15) is 23.0 Å². The Morgan fingerprint density at radius 2 is 1.68 bits per heavy atom. The van der Waals surface area contributed by atoms with Crippen molar-refractivity contribution < 1.29 is 27.9 Å². The van der Waals surface area contributed by atoms with Crippen molar-refractivity contribution in [3.05, 3.63) is 105 Å². The van der Waals surface area contributed by atoms with Crippen LogP contribution >= 0.6 is 0 Å². The molecule has 0 aliphatic rings. The first-order valence-electron chi connectivity index (χ1n) is 12.0. The number of rotatable bonds is 7. The van der Waals surface area contributed by atoms with Crippen molar-refractivity contribution in [1.29, 1.82) is 0 Å². The third-order valence-corrected chi connectivity index (χ3v) is 6.75. The van der Waals surface area contributed by atoms with E-state index in [1.165, 1.54) is 12.1 Å². The molecule has 2 N–H and O–H groups in total. The fourth-order valence-corrected chi connectivity index (χ4v) is 4.71. The molecule has 192 valence electrons. The zero-order valence-electron chi connectivity index (χ0n) is 20.7. The Labute approximate surface area is 216 Å². The number of aryl methyl sites for hydroxylation is 2. The first-order valence-corrected chi connectivity index (χ1v) is 12.0. The first-order chi connectivity index (χ1) is 18.2. The second kappa shape index (κ2) is 9.97. The van der Waals surface area contributed by atoms with Crippen LogP contribution < -0.4 is 10.9 Å². The molecule has 2 heterocycles. The van der Waals surface area contributed by atoms with Crippen molar-refractivity contribution in [2.24, 2.45) is 0 Å². The van der Waals surface area contributed by atoms with Crippen LogP contribution in [0.5, 0.6) is 0 Å². The maximum atomic E-state index is 13.5. The van der Waals surface area contributed by atoms with E-state index in [1.54, 1.807) is 56.5 Å². The monoisotopic (exact) mass is 513 g/mol. The normalized spacial score (nSPS) is 12.1. The summed E-state index contributed by atoms with van der Waals surface area (Å²) >= 11 is 0. The number of carbonyl (C=O) groups is 2. The highest BCUT2D eigenvalue weighted by atomic mass is 19.1. The molecule has 0 aliphatic heterocycles. The lowest BCUT2D eigenvalue weighted by Crippen LogP contribution is -2.43. The molecule has 38 heavy (non-hydrogen) atoms. The summed E-state index contributed by atoms with van der Waals surface area (Å²) in [6.07, 6.45) is 1.34. The van der Waals surface area contributed by atoms with Crippen LogP contribution in [0.2, 0.25) is 0 Å². The molecule has 0 radical (unpaired) electrons. The Hall–Kier alpha value is -4.72. The average molecular weight is 514 g/mol. The van der Waals surface area contributed by atoms with Crippen molar-refractivity contribution in [1.82, 2.24) is 5.32 Å². The summed E-state index contributed by atoms with van der Waals surface area (Å²) in [5.41, 5.74) is 3.80. The molecule has 1 amide bonds. The lowest BCUT2D eigenvalue weighted by Gasteiger charge is -2.15. The third-order valence-electron chi connectivity index (χ3n) is 6.75. The predicted molar refractivity (Wildman–Crippen MR) is 141 cm³/mol. The predicted octanol–water partition coefficient (Wildman–Crippen LogP) is 5.32. The van der Waals surface area contributed by atoms with Crippen LogP contribution in [0.4, 0.5) is 4.39 Å². The fraction of sp³-hybridized carbons (Fsp3) is 0.167. The molecule has 5 rings (SSSR count). The smallest absolute Gasteiger partial charge is 0.340 e. The SMILES string of the molecule is Cc1c(CC(=O)NC(Cc2ccccc2)C(=O)O)c(=O)oc2c(C)c3occ(-c4ccc(F)cc4)c3cc12. The second-order valence-electron chi connectivity index (χ2n) is 9.23. The van der Waals surface area contributed by atoms with E-state index in [1.807, 2.05) is 12.1 Å². The van der Waals surface area contributed by atoms with Gasteiger partial charge in [-0.1, -0.05) is 42.5 Å². The van der Waals surface area contributed by atoms with Crippen LogP contribution in [-0.2, 0) is 22.4 Å². The summed E-state index contributed by atoms with van der Waals surface area (Å²) < 4.78 is 24.9. The minimum Gasteiger partial charge on any atom is -0.480 e. The van der Waals surface area contributed by atoms with Gasteiger partial charge in [0.15, 0.2) is 0 Å². The van der Waals surface area contributed by atoms with Crippen LogP contribution in [0, 0.1) is 19.7 Å². The van der Waals surface area contributed by atoms with Gasteiger partial charge in [-0.3, -0.25) is 4.79 Å². The van der Waals surface area contributed by atoms with E-state index in [4.69, 9.17) is 8.83 Å². The molecular weight excluding hydrogens is 489 g/mol. The molecule has 5 aromatic rings. The standard InChI is InChI=1S/C30H24FNO6/c1-16-21-13-23-24(19-8-10-20(31)11-9-19)15-37-27(23)17(2)28(21)38-30(36)22(16)14-26(33)32-25(29(34)35)12-18-6-4-3-5-7-18/h3-11,13,15,25H,12,14H2,1-2H3,(H,32,33)(H,34,35).